The van der Waals surface area contributed by atoms with Gasteiger partial charge in [0.15, 0.2) is 0 Å². The molecule has 0 nitrogen and oxygen atoms in total. The van der Waals surface area contributed by atoms with Crippen LogP contribution >= 0.6 is 0 Å². The summed E-state index contributed by atoms with van der Waals surface area (Å²) in [5, 5.41) is 0. The first kappa shape index (κ1) is 12.9. The average Bonchev–Trinajstić information content (AvgIpc) is 2.01. The normalized spacial score (nSPS) is 13.9. The Morgan fingerprint density at radius 3 is 1.93 bits per heavy atom. The van der Waals surface area contributed by atoms with Crippen LogP contribution in [-0.4, -0.2) is 6.18 Å². The van der Waals surface area contributed by atoms with Crippen LogP contribution in [0.5, 0.6) is 0 Å². The zero-order valence-corrected chi connectivity index (χ0v) is 8.08. The van der Waals surface area contributed by atoms with Crippen molar-refractivity contribution in [3.05, 3.63) is 36.2 Å². The molecule has 0 amide bonds. The second-order valence-electron chi connectivity index (χ2n) is 3.11. The molecular weight excluding hydrogens is 196 g/mol. The van der Waals surface area contributed by atoms with Crippen molar-refractivity contribution in [1.82, 2.24) is 0 Å². The van der Waals surface area contributed by atoms with E-state index in [1.165, 1.54) is 0 Å². The number of hydrogen-bond donors (Lipinski definition) is 0. The van der Waals surface area contributed by atoms with Crippen molar-refractivity contribution in [3.63, 3.8) is 0 Å². The van der Waals surface area contributed by atoms with Gasteiger partial charge in [-0.05, 0) is 11.5 Å². The van der Waals surface area contributed by atoms with Gasteiger partial charge >= 0.3 is 6.18 Å². The fourth-order valence-electron chi connectivity index (χ4n) is 0.756. The molecule has 0 aromatic carbocycles. The van der Waals surface area contributed by atoms with Crippen molar-refractivity contribution in [2.75, 3.05) is 0 Å². The molecule has 0 heterocycles. The third-order valence-electron chi connectivity index (χ3n) is 1.72. The molecule has 0 bridgehead atoms. The molecule has 80 valence electrons. The summed E-state index contributed by atoms with van der Waals surface area (Å²) in [6.45, 7) is 9.32. The molecule has 0 saturated carbocycles. The molecule has 0 radical (unpaired) electrons. The van der Waals surface area contributed by atoms with Gasteiger partial charge in [0.2, 0.25) is 0 Å². The Kier molecular flexibility index (Phi) is 4.10. The van der Waals surface area contributed by atoms with E-state index in [1.807, 2.05) is 0 Å². The van der Waals surface area contributed by atoms with E-state index in [0.717, 1.165) is 0 Å². The lowest BCUT2D eigenvalue weighted by Crippen LogP contribution is -2.13. The molecule has 0 rings (SSSR count). The van der Waals surface area contributed by atoms with E-state index in [9.17, 15) is 17.6 Å². The molecule has 0 spiro atoms. The molecule has 0 aliphatic heterocycles. The van der Waals surface area contributed by atoms with Crippen molar-refractivity contribution in [2.45, 2.75) is 20.0 Å². The van der Waals surface area contributed by atoms with E-state index < -0.39 is 17.6 Å². The van der Waals surface area contributed by atoms with E-state index in [0.29, 0.717) is 6.08 Å². The highest BCUT2D eigenvalue weighted by atomic mass is 19.4. The Morgan fingerprint density at radius 1 is 1.29 bits per heavy atom. The predicted molar refractivity (Wildman–Crippen MR) is 48.4 cm³/mol. The maximum atomic E-state index is 13.2. The summed E-state index contributed by atoms with van der Waals surface area (Å²) in [6.07, 6.45) is -4.26. The summed E-state index contributed by atoms with van der Waals surface area (Å²) in [7, 11) is 0. The molecule has 0 aliphatic rings. The highest BCUT2D eigenvalue weighted by Crippen LogP contribution is 2.33. The first-order valence-electron chi connectivity index (χ1n) is 4.00. The fourth-order valence-corrected chi connectivity index (χ4v) is 0.756. The van der Waals surface area contributed by atoms with Gasteiger partial charge in [-0.2, -0.15) is 13.2 Å². The molecular formula is C10H12F4. The van der Waals surface area contributed by atoms with Crippen molar-refractivity contribution >= 4 is 0 Å². The van der Waals surface area contributed by atoms with Gasteiger partial charge in [-0.3, -0.25) is 0 Å². The molecule has 0 aliphatic carbocycles. The van der Waals surface area contributed by atoms with Crippen LogP contribution < -0.4 is 0 Å². The highest BCUT2D eigenvalue weighted by molar-refractivity contribution is 5.36. The van der Waals surface area contributed by atoms with Crippen LogP contribution in [0.2, 0.25) is 0 Å². The van der Waals surface area contributed by atoms with E-state index >= 15 is 0 Å². The third-order valence-corrected chi connectivity index (χ3v) is 1.72. The van der Waals surface area contributed by atoms with Gasteiger partial charge < -0.3 is 0 Å². The second kappa shape index (κ2) is 4.44. The maximum absolute atomic E-state index is 13.2. The van der Waals surface area contributed by atoms with Crippen LogP contribution in [0.15, 0.2) is 36.2 Å². The van der Waals surface area contributed by atoms with Gasteiger partial charge in [0.1, 0.15) is 5.83 Å². The summed E-state index contributed by atoms with van der Waals surface area (Å²) >= 11 is 0. The number of rotatable bonds is 3. The number of hydrogen-bond acceptors (Lipinski definition) is 0. The Bertz CT molecular complexity index is 268. The van der Waals surface area contributed by atoms with Crippen LogP contribution in [0, 0.1) is 5.92 Å². The first-order valence-corrected chi connectivity index (χ1v) is 4.00. The highest BCUT2D eigenvalue weighted by Gasteiger charge is 2.35. The van der Waals surface area contributed by atoms with Crippen LogP contribution in [-0.2, 0) is 0 Å². The minimum absolute atomic E-state index is 0.169. The number of alkyl halides is 3. The zero-order valence-electron chi connectivity index (χ0n) is 8.08. The van der Waals surface area contributed by atoms with Gasteiger partial charge in [0, 0.05) is 0 Å². The maximum Gasteiger partial charge on any atom is 0.419 e. The first-order chi connectivity index (χ1) is 6.21. The van der Waals surface area contributed by atoms with Crippen LogP contribution in [0.1, 0.15) is 13.8 Å². The van der Waals surface area contributed by atoms with Gasteiger partial charge in [0.25, 0.3) is 0 Å². The van der Waals surface area contributed by atoms with Gasteiger partial charge in [-0.25, -0.2) is 4.39 Å². The lowest BCUT2D eigenvalue weighted by Gasteiger charge is -2.12. The summed E-state index contributed by atoms with van der Waals surface area (Å²) in [6, 6.07) is 0. The average molecular weight is 208 g/mol. The minimum Gasteiger partial charge on any atom is -0.206 e. The predicted octanol–water partition coefficient (Wildman–Crippen LogP) is 4.17. The smallest absolute Gasteiger partial charge is 0.206 e. The summed E-state index contributed by atoms with van der Waals surface area (Å²) in [4.78, 5) is 0. The van der Waals surface area contributed by atoms with E-state index in [2.05, 4.69) is 13.2 Å². The Balaban J connectivity index is 5.25. The molecule has 0 unspecified atom stereocenters. The Hall–Kier alpha value is -1.06. The van der Waals surface area contributed by atoms with Gasteiger partial charge in [0.05, 0.1) is 5.57 Å². The molecule has 14 heavy (non-hydrogen) atoms. The molecule has 0 aromatic heterocycles. The van der Waals surface area contributed by atoms with E-state index in [1.54, 1.807) is 13.8 Å². The quantitative estimate of drug-likeness (QED) is 0.482. The molecule has 0 fully saturated rings. The Labute approximate surface area is 80.6 Å². The molecule has 0 N–H and O–H groups in total. The lowest BCUT2D eigenvalue weighted by molar-refractivity contribution is -0.0898. The minimum atomic E-state index is -4.72. The molecule has 0 atom stereocenters. The monoisotopic (exact) mass is 208 g/mol. The Morgan fingerprint density at radius 2 is 1.71 bits per heavy atom. The van der Waals surface area contributed by atoms with Gasteiger partial charge in [-0.15, -0.1) is 0 Å². The van der Waals surface area contributed by atoms with Gasteiger partial charge in [-0.1, -0.05) is 33.1 Å². The van der Waals surface area contributed by atoms with Crippen molar-refractivity contribution < 1.29 is 17.6 Å². The van der Waals surface area contributed by atoms with Crippen LogP contribution in [0.25, 0.3) is 0 Å². The zero-order chi connectivity index (χ0) is 11.5. The summed E-state index contributed by atoms with van der Waals surface area (Å²) < 4.78 is 49.7. The summed E-state index contributed by atoms with van der Waals surface area (Å²) in [5.74, 6) is -1.70. The molecule has 0 aromatic rings. The summed E-state index contributed by atoms with van der Waals surface area (Å²) in [5.41, 5.74) is -1.53. The largest absolute Gasteiger partial charge is 0.419 e. The third kappa shape index (κ3) is 3.01. The molecule has 0 saturated heterocycles. The number of allylic oxidation sites excluding steroid dienone is 4. The van der Waals surface area contributed by atoms with Crippen LogP contribution in [0.3, 0.4) is 0 Å². The van der Waals surface area contributed by atoms with Crippen molar-refractivity contribution in [2.24, 2.45) is 5.92 Å². The number of halogens is 4. The van der Waals surface area contributed by atoms with E-state index in [4.69, 9.17) is 0 Å². The lowest BCUT2D eigenvalue weighted by atomic mass is 10.0. The van der Waals surface area contributed by atoms with E-state index in [-0.39, 0.29) is 11.5 Å². The van der Waals surface area contributed by atoms with Crippen molar-refractivity contribution in [3.8, 4) is 0 Å². The topological polar surface area (TPSA) is 0 Å². The molecule has 4 heteroatoms. The standard InChI is InChI=1S/C10H12F4/c1-5-8(10(12,13)14)9(11)7(4)6(2)3/h5-6H,1,4H2,2-3H3/b9-8-. The SMILES string of the molecule is C=C/C(=C(/F)C(=C)C(C)C)C(F)(F)F. The van der Waals surface area contributed by atoms with Crippen molar-refractivity contribution in [1.29, 1.82) is 0 Å². The fraction of sp³-hybridized carbons (Fsp3) is 0.400. The van der Waals surface area contributed by atoms with Crippen LogP contribution in [0.4, 0.5) is 17.6 Å². The second-order valence-corrected chi connectivity index (χ2v) is 3.11.